The molecule has 0 aromatic rings. The van der Waals surface area contributed by atoms with Gasteiger partial charge in [0, 0.05) is 18.1 Å². The molecule has 3 atom stereocenters. The summed E-state index contributed by atoms with van der Waals surface area (Å²) >= 11 is 0. The molecule has 3 nitrogen and oxygen atoms in total. The van der Waals surface area contributed by atoms with Crippen LogP contribution < -0.4 is 11.5 Å². The quantitative estimate of drug-likeness (QED) is 0.769. The molecule has 19 heavy (non-hydrogen) atoms. The summed E-state index contributed by atoms with van der Waals surface area (Å²) in [5.74, 6) is 0. The number of nitrogens with zero attached hydrogens (tertiary/aromatic N) is 1. The molecule has 0 saturated carbocycles. The van der Waals surface area contributed by atoms with Gasteiger partial charge in [-0.1, -0.05) is 51.9 Å². The molecular weight excluding hydrogens is 234 g/mol. The van der Waals surface area contributed by atoms with E-state index in [4.69, 9.17) is 11.5 Å². The van der Waals surface area contributed by atoms with Crippen molar-refractivity contribution in [3.8, 4) is 0 Å². The van der Waals surface area contributed by atoms with Crippen molar-refractivity contribution in [2.45, 2.75) is 89.8 Å². The van der Waals surface area contributed by atoms with Gasteiger partial charge in [0.15, 0.2) is 0 Å². The maximum atomic E-state index is 6.37. The van der Waals surface area contributed by atoms with Crippen molar-refractivity contribution in [3.05, 3.63) is 0 Å². The summed E-state index contributed by atoms with van der Waals surface area (Å²) in [5, 5.41) is 0. The molecule has 1 heterocycles. The van der Waals surface area contributed by atoms with Gasteiger partial charge >= 0.3 is 0 Å². The molecule has 1 aliphatic heterocycles. The molecule has 114 valence electrons. The van der Waals surface area contributed by atoms with Crippen LogP contribution in [0.25, 0.3) is 0 Å². The zero-order valence-corrected chi connectivity index (χ0v) is 13.1. The average molecular weight is 269 g/mol. The number of hydrogen-bond acceptors (Lipinski definition) is 3. The van der Waals surface area contributed by atoms with Crippen molar-refractivity contribution in [2.75, 3.05) is 13.1 Å². The third-order valence-corrected chi connectivity index (χ3v) is 4.77. The van der Waals surface area contributed by atoms with Crippen molar-refractivity contribution in [3.63, 3.8) is 0 Å². The minimum absolute atomic E-state index is 0.114. The predicted octanol–water partition coefficient (Wildman–Crippen LogP) is 2.88. The molecule has 1 fully saturated rings. The van der Waals surface area contributed by atoms with Gasteiger partial charge in [-0.15, -0.1) is 0 Å². The molecule has 4 N–H and O–H groups in total. The van der Waals surface area contributed by atoms with Crippen LogP contribution in [0, 0.1) is 0 Å². The predicted molar refractivity (Wildman–Crippen MR) is 84.2 cm³/mol. The maximum Gasteiger partial charge on any atom is 0.0348 e. The van der Waals surface area contributed by atoms with Crippen LogP contribution in [0.3, 0.4) is 0 Å². The second-order valence-electron chi connectivity index (χ2n) is 6.23. The summed E-state index contributed by atoms with van der Waals surface area (Å²) in [5.41, 5.74) is 12.7. The lowest BCUT2D eigenvalue weighted by Crippen LogP contribution is -2.55. The number of rotatable bonds is 1. The van der Waals surface area contributed by atoms with Gasteiger partial charge in [-0.25, -0.2) is 0 Å². The van der Waals surface area contributed by atoms with E-state index in [0.29, 0.717) is 6.04 Å². The number of likely N-dealkylation sites (N-methyl/N-ethyl adjacent to an activating group) is 1. The van der Waals surface area contributed by atoms with Gasteiger partial charge < -0.3 is 11.5 Å². The molecule has 0 bridgehead atoms. The first-order valence-corrected chi connectivity index (χ1v) is 8.42. The largest absolute Gasteiger partial charge is 0.326 e. The normalized spacial score (nSPS) is 33.8. The van der Waals surface area contributed by atoms with Crippen molar-refractivity contribution in [1.82, 2.24) is 4.90 Å². The highest BCUT2D eigenvalue weighted by atomic mass is 15.2. The van der Waals surface area contributed by atoms with Crippen molar-refractivity contribution >= 4 is 0 Å². The van der Waals surface area contributed by atoms with Crippen LogP contribution in [0.5, 0.6) is 0 Å². The molecule has 0 radical (unpaired) electrons. The van der Waals surface area contributed by atoms with Gasteiger partial charge in [-0.05, 0) is 32.9 Å². The summed E-state index contributed by atoms with van der Waals surface area (Å²) in [4.78, 5) is 2.51. The van der Waals surface area contributed by atoms with Gasteiger partial charge in [-0.3, -0.25) is 4.90 Å². The Morgan fingerprint density at radius 3 is 2.00 bits per heavy atom. The summed E-state index contributed by atoms with van der Waals surface area (Å²) in [6.45, 7) is 6.75. The molecule has 0 aliphatic carbocycles. The van der Waals surface area contributed by atoms with E-state index in [-0.39, 0.29) is 12.1 Å². The molecule has 0 spiro atoms. The highest BCUT2D eigenvalue weighted by Gasteiger charge is 2.24. The Hall–Kier alpha value is -0.120. The smallest absolute Gasteiger partial charge is 0.0348 e. The maximum absolute atomic E-state index is 6.37. The first-order valence-electron chi connectivity index (χ1n) is 8.42. The van der Waals surface area contributed by atoms with E-state index in [1.807, 2.05) is 0 Å². The lowest BCUT2D eigenvalue weighted by Gasteiger charge is -2.35. The fourth-order valence-corrected chi connectivity index (χ4v) is 3.20. The molecular formula is C16H35N3. The Bertz CT molecular complexity index is 218. The second kappa shape index (κ2) is 9.73. The standard InChI is InChI=1S/C16H35N3/c1-3-19-13-11-9-7-5-4-6-8-10-12-15(17)16(18)14(19)2/h14-16H,3-13,17-18H2,1-2H3. The number of hydrogen-bond donors (Lipinski definition) is 2. The van der Waals surface area contributed by atoms with E-state index in [2.05, 4.69) is 18.7 Å². The van der Waals surface area contributed by atoms with Crippen LogP contribution in [0.2, 0.25) is 0 Å². The highest BCUT2D eigenvalue weighted by molar-refractivity contribution is 4.86. The Balaban J connectivity index is 2.52. The third-order valence-electron chi connectivity index (χ3n) is 4.77. The van der Waals surface area contributed by atoms with E-state index >= 15 is 0 Å². The van der Waals surface area contributed by atoms with Crippen LogP contribution in [0.4, 0.5) is 0 Å². The fraction of sp³-hybridized carbons (Fsp3) is 1.00. The van der Waals surface area contributed by atoms with E-state index < -0.39 is 0 Å². The highest BCUT2D eigenvalue weighted by Crippen LogP contribution is 2.15. The molecule has 1 rings (SSSR count). The SMILES string of the molecule is CCN1CCCCCCCCCCC(N)C(N)C1C. The van der Waals surface area contributed by atoms with Crippen LogP contribution >= 0.6 is 0 Å². The minimum Gasteiger partial charge on any atom is -0.326 e. The second-order valence-corrected chi connectivity index (χ2v) is 6.23. The molecule has 0 amide bonds. The van der Waals surface area contributed by atoms with Gasteiger partial charge in [-0.2, -0.15) is 0 Å². The van der Waals surface area contributed by atoms with Crippen LogP contribution in [-0.2, 0) is 0 Å². The zero-order chi connectivity index (χ0) is 14.1. The first-order chi connectivity index (χ1) is 9.16. The minimum atomic E-state index is 0.114. The molecule has 0 aromatic carbocycles. The van der Waals surface area contributed by atoms with Crippen LogP contribution in [0.15, 0.2) is 0 Å². The van der Waals surface area contributed by atoms with Crippen LogP contribution in [-0.4, -0.2) is 36.1 Å². The lowest BCUT2D eigenvalue weighted by molar-refractivity contribution is 0.174. The molecule has 3 unspecified atom stereocenters. The molecule has 1 saturated heterocycles. The Labute approximate surface area is 120 Å². The number of nitrogens with two attached hydrogens (primary N) is 2. The summed E-state index contributed by atoms with van der Waals surface area (Å²) in [6, 6.07) is 0.679. The van der Waals surface area contributed by atoms with Crippen molar-refractivity contribution in [2.24, 2.45) is 11.5 Å². The van der Waals surface area contributed by atoms with Crippen molar-refractivity contribution in [1.29, 1.82) is 0 Å². The van der Waals surface area contributed by atoms with E-state index in [9.17, 15) is 0 Å². The average Bonchev–Trinajstić information content (AvgIpc) is 2.42. The Kier molecular flexibility index (Phi) is 8.67. The van der Waals surface area contributed by atoms with Gasteiger partial charge in [0.1, 0.15) is 0 Å². The van der Waals surface area contributed by atoms with Gasteiger partial charge in [0.05, 0.1) is 0 Å². The van der Waals surface area contributed by atoms with E-state index in [1.54, 1.807) is 0 Å². The first kappa shape index (κ1) is 16.9. The Morgan fingerprint density at radius 1 is 0.895 bits per heavy atom. The molecule has 3 heteroatoms. The van der Waals surface area contributed by atoms with Gasteiger partial charge in [0.25, 0.3) is 0 Å². The van der Waals surface area contributed by atoms with E-state index in [1.165, 1.54) is 57.9 Å². The van der Waals surface area contributed by atoms with Gasteiger partial charge in [0.2, 0.25) is 0 Å². The molecule has 1 aliphatic rings. The monoisotopic (exact) mass is 269 g/mol. The van der Waals surface area contributed by atoms with E-state index in [0.717, 1.165) is 13.0 Å². The third kappa shape index (κ3) is 6.24. The zero-order valence-electron chi connectivity index (χ0n) is 13.1. The summed E-state index contributed by atoms with van der Waals surface area (Å²) in [6.07, 6.45) is 11.9. The summed E-state index contributed by atoms with van der Waals surface area (Å²) in [7, 11) is 0. The fourth-order valence-electron chi connectivity index (χ4n) is 3.20. The van der Waals surface area contributed by atoms with Crippen molar-refractivity contribution < 1.29 is 0 Å². The lowest BCUT2D eigenvalue weighted by atomic mass is 9.95. The Morgan fingerprint density at radius 2 is 1.42 bits per heavy atom. The summed E-state index contributed by atoms with van der Waals surface area (Å²) < 4.78 is 0. The topological polar surface area (TPSA) is 55.3 Å². The molecule has 0 aromatic heterocycles. The van der Waals surface area contributed by atoms with Crippen LogP contribution in [0.1, 0.15) is 71.6 Å².